The van der Waals surface area contributed by atoms with Crippen molar-refractivity contribution in [2.24, 2.45) is 10.8 Å². The Balaban J connectivity index is 1.39. The predicted octanol–water partition coefficient (Wildman–Crippen LogP) is 7.39. The number of rotatable bonds is 14. The summed E-state index contributed by atoms with van der Waals surface area (Å²) in [6, 6.07) is 1.55. The quantitative estimate of drug-likeness (QED) is 0.173. The first-order chi connectivity index (χ1) is 13.8. The van der Waals surface area contributed by atoms with Gasteiger partial charge in [0, 0.05) is 5.56 Å². The zero-order valence-corrected chi connectivity index (χ0v) is 18.7. The van der Waals surface area contributed by atoms with Gasteiger partial charge >= 0.3 is 0 Å². The molecule has 1 aromatic carbocycles. The second-order valence-electron chi connectivity index (χ2n) is 10.7. The predicted molar refractivity (Wildman–Crippen MR) is 120 cm³/mol. The minimum Gasteiger partial charge on any atom is -0.507 e. The highest BCUT2D eigenvalue weighted by atomic mass is 16.3. The summed E-state index contributed by atoms with van der Waals surface area (Å²) >= 11 is 0. The number of phenols is 3. The van der Waals surface area contributed by atoms with Crippen molar-refractivity contribution in [3.8, 4) is 17.2 Å². The number of hydrogen-bond acceptors (Lipinski definition) is 3. The average Bonchev–Trinajstić information content (AvgIpc) is 3.60. The molecular weight excluding hydrogens is 360 g/mol. The van der Waals surface area contributed by atoms with Crippen LogP contribution in [0.4, 0.5) is 0 Å². The standard InChI is InChI=1S/C26H42O3/c1-25(15-16-25)13-9-5-3-7-11-20-19-22(27)24(29)21(23(20)28)12-8-4-6-10-14-26(2)17-18-26/h19,27-29H,3-18H2,1-2H3. The summed E-state index contributed by atoms with van der Waals surface area (Å²) in [5.74, 6) is -0.0122. The average molecular weight is 403 g/mol. The molecule has 3 N–H and O–H groups in total. The number of phenolic OH excluding ortho intramolecular Hbond substituents is 3. The Hall–Kier alpha value is -1.38. The van der Waals surface area contributed by atoms with Crippen LogP contribution in [0, 0.1) is 10.8 Å². The molecule has 0 spiro atoms. The molecule has 0 unspecified atom stereocenters. The Morgan fingerprint density at radius 2 is 1.14 bits per heavy atom. The van der Waals surface area contributed by atoms with E-state index in [0.717, 1.165) is 37.7 Å². The van der Waals surface area contributed by atoms with Crippen molar-refractivity contribution in [1.82, 2.24) is 0 Å². The molecule has 3 rings (SSSR count). The molecule has 0 saturated heterocycles. The molecule has 2 aliphatic rings. The largest absolute Gasteiger partial charge is 0.507 e. The molecule has 2 aliphatic carbocycles. The Morgan fingerprint density at radius 1 is 0.655 bits per heavy atom. The van der Waals surface area contributed by atoms with E-state index in [9.17, 15) is 15.3 Å². The molecule has 0 aromatic heterocycles. The minimum absolute atomic E-state index is 0.0869. The molecule has 3 nitrogen and oxygen atoms in total. The molecule has 1 aromatic rings. The minimum atomic E-state index is -0.130. The van der Waals surface area contributed by atoms with Gasteiger partial charge in [-0.1, -0.05) is 52.4 Å². The Bertz CT molecular complexity index is 671. The normalized spacial score (nSPS) is 18.7. The van der Waals surface area contributed by atoms with Gasteiger partial charge in [0.15, 0.2) is 11.5 Å². The van der Waals surface area contributed by atoms with Crippen molar-refractivity contribution < 1.29 is 15.3 Å². The summed E-state index contributed by atoms with van der Waals surface area (Å²) in [7, 11) is 0. The smallest absolute Gasteiger partial charge is 0.164 e. The maximum absolute atomic E-state index is 10.7. The van der Waals surface area contributed by atoms with Gasteiger partial charge in [-0.15, -0.1) is 0 Å². The number of hydrogen-bond donors (Lipinski definition) is 3. The van der Waals surface area contributed by atoms with Crippen LogP contribution < -0.4 is 0 Å². The second-order valence-corrected chi connectivity index (χ2v) is 10.7. The van der Waals surface area contributed by atoms with Gasteiger partial charge in [0.1, 0.15) is 5.75 Å². The van der Waals surface area contributed by atoms with Crippen molar-refractivity contribution in [3.05, 3.63) is 17.2 Å². The van der Waals surface area contributed by atoms with Gasteiger partial charge in [-0.25, -0.2) is 0 Å². The van der Waals surface area contributed by atoms with E-state index in [1.54, 1.807) is 6.07 Å². The van der Waals surface area contributed by atoms with Gasteiger partial charge < -0.3 is 15.3 Å². The summed E-state index contributed by atoms with van der Waals surface area (Å²) in [5.41, 5.74) is 2.60. The second kappa shape index (κ2) is 9.62. The fraction of sp³-hybridized carbons (Fsp3) is 0.769. The van der Waals surface area contributed by atoms with Gasteiger partial charge in [-0.2, -0.15) is 0 Å². The molecule has 2 saturated carbocycles. The maximum atomic E-state index is 10.7. The SMILES string of the molecule is CC1(CCCCCCc2cc(O)c(O)c(CCCCCCC3(C)CC3)c2O)CC1. The van der Waals surface area contributed by atoms with Crippen LogP contribution >= 0.6 is 0 Å². The van der Waals surface area contributed by atoms with Crippen LogP contribution in [-0.4, -0.2) is 15.3 Å². The van der Waals surface area contributed by atoms with Crippen molar-refractivity contribution in [2.45, 2.75) is 117 Å². The third-order valence-corrected chi connectivity index (χ3v) is 7.57. The van der Waals surface area contributed by atoms with Crippen LogP contribution in [-0.2, 0) is 12.8 Å². The van der Waals surface area contributed by atoms with Crippen LogP contribution in [0.3, 0.4) is 0 Å². The Kier molecular flexibility index (Phi) is 7.40. The number of benzene rings is 1. The zero-order chi connectivity index (χ0) is 20.9. The lowest BCUT2D eigenvalue weighted by molar-refractivity contribution is 0.385. The summed E-state index contributed by atoms with van der Waals surface area (Å²) < 4.78 is 0. The van der Waals surface area contributed by atoms with Gasteiger partial charge in [-0.3, -0.25) is 0 Å². The number of unbranched alkanes of at least 4 members (excludes halogenated alkanes) is 6. The topological polar surface area (TPSA) is 60.7 Å². The van der Waals surface area contributed by atoms with Crippen LogP contribution in [0.1, 0.15) is 115 Å². The molecular formula is C26H42O3. The summed E-state index contributed by atoms with van der Waals surface area (Å²) in [6.45, 7) is 4.77. The van der Waals surface area contributed by atoms with Crippen molar-refractivity contribution >= 4 is 0 Å². The lowest BCUT2D eigenvalue weighted by Crippen LogP contribution is -1.96. The molecule has 0 atom stereocenters. The van der Waals surface area contributed by atoms with Gasteiger partial charge in [-0.05, 0) is 86.7 Å². The van der Waals surface area contributed by atoms with Gasteiger partial charge in [0.05, 0.1) is 0 Å². The summed E-state index contributed by atoms with van der Waals surface area (Å²) in [5, 5.41) is 31.0. The molecule has 3 heteroatoms. The van der Waals surface area contributed by atoms with Crippen LogP contribution in [0.2, 0.25) is 0 Å². The lowest BCUT2D eigenvalue weighted by atomic mass is 9.95. The third kappa shape index (κ3) is 6.83. The van der Waals surface area contributed by atoms with E-state index < -0.39 is 0 Å². The fourth-order valence-electron chi connectivity index (χ4n) is 4.54. The molecule has 0 heterocycles. The van der Waals surface area contributed by atoms with Gasteiger partial charge in [0.25, 0.3) is 0 Å². The first-order valence-corrected chi connectivity index (χ1v) is 12.1. The van der Waals surface area contributed by atoms with E-state index in [4.69, 9.17) is 0 Å². The monoisotopic (exact) mass is 402 g/mol. The maximum Gasteiger partial charge on any atom is 0.164 e. The third-order valence-electron chi connectivity index (χ3n) is 7.57. The van der Waals surface area contributed by atoms with E-state index in [1.807, 2.05) is 0 Å². The van der Waals surface area contributed by atoms with E-state index >= 15 is 0 Å². The summed E-state index contributed by atoms with van der Waals surface area (Å²) in [4.78, 5) is 0. The zero-order valence-electron chi connectivity index (χ0n) is 18.7. The lowest BCUT2D eigenvalue weighted by Gasteiger charge is -2.14. The van der Waals surface area contributed by atoms with E-state index in [-0.39, 0.29) is 17.2 Å². The van der Waals surface area contributed by atoms with Crippen LogP contribution in [0.5, 0.6) is 17.2 Å². The highest BCUT2D eigenvalue weighted by molar-refractivity contribution is 5.56. The molecule has 0 amide bonds. The molecule has 164 valence electrons. The molecule has 0 bridgehead atoms. The first kappa shape index (κ1) is 22.3. The highest BCUT2D eigenvalue weighted by Gasteiger charge is 2.36. The van der Waals surface area contributed by atoms with E-state index in [1.165, 1.54) is 64.2 Å². The fourth-order valence-corrected chi connectivity index (χ4v) is 4.54. The first-order valence-electron chi connectivity index (χ1n) is 12.1. The molecule has 0 aliphatic heterocycles. The van der Waals surface area contributed by atoms with Gasteiger partial charge in [0.2, 0.25) is 0 Å². The Morgan fingerprint density at radius 3 is 1.66 bits per heavy atom. The Labute approximate surface area is 177 Å². The highest BCUT2D eigenvalue weighted by Crippen LogP contribution is 2.50. The summed E-state index contributed by atoms with van der Waals surface area (Å²) in [6.07, 6.45) is 18.9. The van der Waals surface area contributed by atoms with Crippen LogP contribution in [0.15, 0.2) is 6.07 Å². The molecule has 0 radical (unpaired) electrons. The van der Waals surface area contributed by atoms with Crippen molar-refractivity contribution in [2.75, 3.05) is 0 Å². The number of aromatic hydroxyl groups is 3. The van der Waals surface area contributed by atoms with Crippen LogP contribution in [0.25, 0.3) is 0 Å². The van der Waals surface area contributed by atoms with E-state index in [2.05, 4.69) is 13.8 Å². The van der Waals surface area contributed by atoms with E-state index in [0.29, 0.717) is 22.8 Å². The van der Waals surface area contributed by atoms with Crippen molar-refractivity contribution in [3.63, 3.8) is 0 Å². The molecule has 29 heavy (non-hydrogen) atoms. The molecule has 2 fully saturated rings. The number of aryl methyl sites for hydroxylation is 1. The van der Waals surface area contributed by atoms with Crippen molar-refractivity contribution in [1.29, 1.82) is 0 Å².